The number of imide groups is 1. The van der Waals surface area contributed by atoms with Crippen molar-refractivity contribution in [2.75, 3.05) is 31.0 Å². The Morgan fingerprint density at radius 2 is 1.81 bits per heavy atom. The Hall–Kier alpha value is -2.80. The van der Waals surface area contributed by atoms with Crippen LogP contribution in [0.4, 0.5) is 20.6 Å². The second-order valence-corrected chi connectivity index (χ2v) is 6.90. The first kappa shape index (κ1) is 18.0. The van der Waals surface area contributed by atoms with Crippen molar-refractivity contribution in [3.8, 4) is 0 Å². The van der Waals surface area contributed by atoms with Gasteiger partial charge in [0.2, 0.25) is 0 Å². The van der Waals surface area contributed by atoms with E-state index in [9.17, 15) is 14.0 Å². The lowest BCUT2D eigenvalue weighted by atomic mass is 10.2. The highest BCUT2D eigenvalue weighted by atomic mass is 32.2. The largest absolute Gasteiger partial charge is 0.378 e. The number of hydrogen-bond donors (Lipinski definition) is 1. The van der Waals surface area contributed by atoms with Crippen LogP contribution in [-0.2, 0) is 4.79 Å². The van der Waals surface area contributed by atoms with Gasteiger partial charge in [-0.1, -0.05) is 24.3 Å². The fraction of sp³-hybridized carbons (Fsp3) is 0.158. The van der Waals surface area contributed by atoms with E-state index in [2.05, 4.69) is 5.32 Å². The third kappa shape index (κ3) is 3.88. The molecule has 0 unspecified atom stereocenters. The number of carbonyl (C=O) groups excluding carboxylic acids is 2. The van der Waals surface area contributed by atoms with Gasteiger partial charge in [-0.15, -0.1) is 0 Å². The summed E-state index contributed by atoms with van der Waals surface area (Å²) in [6.45, 7) is -0.0808. The molecule has 1 heterocycles. The molecule has 1 aliphatic heterocycles. The van der Waals surface area contributed by atoms with E-state index in [1.54, 1.807) is 24.3 Å². The highest BCUT2D eigenvalue weighted by Gasteiger charge is 2.34. The van der Waals surface area contributed by atoms with Crippen molar-refractivity contribution in [3.63, 3.8) is 0 Å². The average Bonchev–Trinajstić information content (AvgIpc) is 2.88. The molecule has 0 radical (unpaired) electrons. The first-order valence-electron chi connectivity index (χ1n) is 7.97. The van der Waals surface area contributed by atoms with E-state index in [0.717, 1.165) is 27.9 Å². The van der Waals surface area contributed by atoms with Gasteiger partial charge in [0.15, 0.2) is 0 Å². The molecule has 0 atom stereocenters. The summed E-state index contributed by atoms with van der Waals surface area (Å²) in [6, 6.07) is 13.8. The second-order valence-electron chi connectivity index (χ2n) is 5.91. The quantitative estimate of drug-likeness (QED) is 0.805. The Bertz CT molecular complexity index is 865. The van der Waals surface area contributed by atoms with Crippen LogP contribution in [0.5, 0.6) is 0 Å². The van der Waals surface area contributed by atoms with E-state index in [0.29, 0.717) is 4.91 Å². The van der Waals surface area contributed by atoms with Gasteiger partial charge in [0.05, 0.1) is 17.3 Å². The molecule has 7 heteroatoms. The third-order valence-electron chi connectivity index (χ3n) is 3.88. The fourth-order valence-electron chi connectivity index (χ4n) is 2.43. The summed E-state index contributed by atoms with van der Waals surface area (Å²) in [5.74, 6) is -0.823. The zero-order valence-electron chi connectivity index (χ0n) is 14.4. The van der Waals surface area contributed by atoms with Crippen LogP contribution in [0, 0.1) is 5.82 Å². The molecule has 1 fully saturated rings. The number of benzene rings is 2. The predicted molar refractivity (Wildman–Crippen MR) is 103 cm³/mol. The number of hydrogen-bond acceptors (Lipinski definition) is 5. The van der Waals surface area contributed by atoms with Crippen molar-refractivity contribution in [2.24, 2.45) is 0 Å². The molecule has 5 nitrogen and oxygen atoms in total. The number of halogens is 1. The number of thioether (sulfide) groups is 1. The highest BCUT2D eigenvalue weighted by molar-refractivity contribution is 8.18. The second kappa shape index (κ2) is 7.61. The smallest absolute Gasteiger partial charge is 0.295 e. The molecule has 0 aromatic heterocycles. The lowest BCUT2D eigenvalue weighted by molar-refractivity contribution is -0.122. The van der Waals surface area contributed by atoms with Gasteiger partial charge in [-0.2, -0.15) is 0 Å². The van der Waals surface area contributed by atoms with Crippen LogP contribution in [0.15, 0.2) is 53.4 Å². The van der Waals surface area contributed by atoms with Crippen molar-refractivity contribution in [1.29, 1.82) is 0 Å². The number of nitrogens with zero attached hydrogens (tertiary/aromatic N) is 2. The molecule has 3 rings (SSSR count). The number of para-hydroxylation sites is 1. The zero-order valence-corrected chi connectivity index (χ0v) is 15.2. The van der Waals surface area contributed by atoms with E-state index in [1.807, 2.05) is 43.3 Å². The van der Waals surface area contributed by atoms with Crippen LogP contribution in [0.25, 0.3) is 6.08 Å². The normalized spacial score (nSPS) is 15.7. The summed E-state index contributed by atoms with van der Waals surface area (Å²) in [5.41, 5.74) is 2.13. The lowest BCUT2D eigenvalue weighted by Gasteiger charge is -2.14. The monoisotopic (exact) mass is 371 g/mol. The Kier molecular flexibility index (Phi) is 5.27. The Labute approximate surface area is 155 Å². The van der Waals surface area contributed by atoms with E-state index in [4.69, 9.17) is 0 Å². The minimum absolute atomic E-state index is 0.0808. The summed E-state index contributed by atoms with van der Waals surface area (Å²) in [4.78, 5) is 28.0. The maximum atomic E-state index is 13.6. The topological polar surface area (TPSA) is 52.7 Å². The Balaban J connectivity index is 1.71. The summed E-state index contributed by atoms with van der Waals surface area (Å²) >= 11 is 0.881. The number of nitrogens with one attached hydrogen (secondary N) is 1. The summed E-state index contributed by atoms with van der Waals surface area (Å²) < 4.78 is 13.6. The molecule has 0 spiro atoms. The third-order valence-corrected chi connectivity index (χ3v) is 4.79. The molecule has 0 bridgehead atoms. The molecule has 1 saturated heterocycles. The first-order valence-corrected chi connectivity index (χ1v) is 8.78. The molecule has 134 valence electrons. The first-order chi connectivity index (χ1) is 12.5. The van der Waals surface area contributed by atoms with Crippen LogP contribution in [-0.4, -0.2) is 36.8 Å². The number of rotatable bonds is 5. The van der Waals surface area contributed by atoms with Crippen molar-refractivity contribution >= 4 is 40.4 Å². The molecule has 26 heavy (non-hydrogen) atoms. The van der Waals surface area contributed by atoms with Crippen molar-refractivity contribution in [2.45, 2.75) is 0 Å². The van der Waals surface area contributed by atoms with Gasteiger partial charge in [0.1, 0.15) is 5.82 Å². The fourth-order valence-corrected chi connectivity index (χ4v) is 3.26. The SMILES string of the molecule is CN(C)c1ccc(/C=C2/SC(=O)N(CNc3ccccc3F)C2=O)cc1. The maximum Gasteiger partial charge on any atom is 0.295 e. The number of anilines is 2. The van der Waals surface area contributed by atoms with E-state index in [-0.39, 0.29) is 23.5 Å². The van der Waals surface area contributed by atoms with E-state index in [1.165, 1.54) is 6.07 Å². The van der Waals surface area contributed by atoms with Crippen LogP contribution in [0.2, 0.25) is 0 Å². The summed E-state index contributed by atoms with van der Waals surface area (Å²) in [5, 5.41) is 2.40. The number of amides is 2. The number of carbonyl (C=O) groups is 2. The van der Waals surface area contributed by atoms with Gasteiger partial charge in [-0.05, 0) is 47.7 Å². The standard InChI is InChI=1S/C19H18FN3O2S/c1-22(2)14-9-7-13(8-10-14)11-17-18(24)23(19(25)26-17)12-21-16-6-4-3-5-15(16)20/h3-11,21H,12H2,1-2H3/b17-11+. The van der Waals surface area contributed by atoms with Gasteiger partial charge in [-0.25, -0.2) is 4.39 Å². The minimum Gasteiger partial charge on any atom is -0.378 e. The molecular formula is C19H18FN3O2S. The van der Waals surface area contributed by atoms with Crippen LogP contribution in [0.1, 0.15) is 5.56 Å². The Morgan fingerprint density at radius 3 is 2.46 bits per heavy atom. The highest BCUT2D eigenvalue weighted by Crippen LogP contribution is 2.32. The van der Waals surface area contributed by atoms with Crippen molar-refractivity contribution in [3.05, 3.63) is 64.8 Å². The maximum absolute atomic E-state index is 13.6. The van der Waals surface area contributed by atoms with Gasteiger partial charge in [0, 0.05) is 19.8 Å². The minimum atomic E-state index is -0.434. The molecule has 1 N–H and O–H groups in total. The van der Waals surface area contributed by atoms with Crippen LogP contribution in [0.3, 0.4) is 0 Å². The molecule has 2 aromatic rings. The van der Waals surface area contributed by atoms with Crippen LogP contribution < -0.4 is 10.2 Å². The van der Waals surface area contributed by atoms with Gasteiger partial charge in [-0.3, -0.25) is 14.5 Å². The molecule has 2 amide bonds. The Morgan fingerprint density at radius 1 is 1.12 bits per heavy atom. The van der Waals surface area contributed by atoms with Gasteiger partial charge >= 0.3 is 0 Å². The van der Waals surface area contributed by atoms with Gasteiger partial charge < -0.3 is 10.2 Å². The average molecular weight is 371 g/mol. The zero-order chi connectivity index (χ0) is 18.7. The summed E-state index contributed by atoms with van der Waals surface area (Å²) in [6.07, 6.45) is 1.69. The summed E-state index contributed by atoms with van der Waals surface area (Å²) in [7, 11) is 3.89. The van der Waals surface area contributed by atoms with E-state index < -0.39 is 5.82 Å². The van der Waals surface area contributed by atoms with Gasteiger partial charge in [0.25, 0.3) is 11.1 Å². The van der Waals surface area contributed by atoms with Crippen molar-refractivity contribution < 1.29 is 14.0 Å². The van der Waals surface area contributed by atoms with Crippen LogP contribution >= 0.6 is 11.8 Å². The predicted octanol–water partition coefficient (Wildman–Crippen LogP) is 4.00. The molecule has 0 aliphatic carbocycles. The van der Waals surface area contributed by atoms with E-state index >= 15 is 0 Å². The molecule has 0 saturated carbocycles. The molecular weight excluding hydrogens is 353 g/mol. The van der Waals surface area contributed by atoms with Crippen molar-refractivity contribution in [1.82, 2.24) is 4.90 Å². The lowest BCUT2D eigenvalue weighted by Crippen LogP contribution is -2.33. The molecule has 2 aromatic carbocycles. The molecule has 1 aliphatic rings.